The molecule has 0 aliphatic carbocycles. The van der Waals surface area contributed by atoms with Crippen LogP contribution in [0.2, 0.25) is 0 Å². The van der Waals surface area contributed by atoms with Gasteiger partial charge >= 0.3 is 6.18 Å². The van der Waals surface area contributed by atoms with Gasteiger partial charge in [-0.15, -0.1) is 0 Å². The van der Waals surface area contributed by atoms with E-state index in [0.29, 0.717) is 6.54 Å². The lowest BCUT2D eigenvalue weighted by Gasteiger charge is -2.15. The summed E-state index contributed by atoms with van der Waals surface area (Å²) in [6.45, 7) is 4.34. The maximum Gasteiger partial charge on any atom is 0.419 e. The molecule has 1 aromatic carbocycles. The van der Waals surface area contributed by atoms with E-state index in [-0.39, 0.29) is 12.1 Å². The fourth-order valence-electron chi connectivity index (χ4n) is 1.59. The molecule has 1 aromatic rings. The highest BCUT2D eigenvalue weighted by molar-refractivity contribution is 5.28. The Morgan fingerprint density at radius 2 is 1.95 bits per heavy atom. The van der Waals surface area contributed by atoms with E-state index in [2.05, 4.69) is 10.2 Å². The quantitative estimate of drug-likeness (QED) is 0.636. The lowest BCUT2D eigenvalue weighted by Crippen LogP contribution is -2.29. The first-order valence-electron chi connectivity index (χ1n) is 6.10. The molecule has 1 rings (SSSR count). The van der Waals surface area contributed by atoms with Crippen LogP contribution >= 0.6 is 0 Å². The van der Waals surface area contributed by atoms with Gasteiger partial charge in [0.05, 0.1) is 5.56 Å². The molecule has 0 radical (unpaired) electrons. The number of hydrogen-bond acceptors (Lipinski definition) is 2. The highest BCUT2D eigenvalue weighted by Gasteiger charge is 2.34. The van der Waals surface area contributed by atoms with Crippen LogP contribution in [0.1, 0.15) is 18.1 Å². The predicted octanol–water partition coefficient (Wildman–Crippen LogP) is 2.89. The normalized spacial score (nSPS) is 12.2. The summed E-state index contributed by atoms with van der Waals surface area (Å²) in [5.74, 6) is -1.19. The average Bonchev–Trinajstić information content (AvgIpc) is 2.34. The second kappa shape index (κ2) is 6.86. The van der Waals surface area contributed by atoms with Crippen molar-refractivity contribution in [1.29, 1.82) is 0 Å². The molecule has 0 unspecified atom stereocenters. The van der Waals surface area contributed by atoms with Gasteiger partial charge in [0.1, 0.15) is 5.82 Å². The van der Waals surface area contributed by atoms with E-state index in [9.17, 15) is 17.6 Å². The zero-order valence-corrected chi connectivity index (χ0v) is 11.0. The van der Waals surface area contributed by atoms with Gasteiger partial charge in [-0.2, -0.15) is 13.2 Å². The lowest BCUT2D eigenvalue weighted by atomic mass is 10.1. The van der Waals surface area contributed by atoms with Crippen molar-refractivity contribution in [3.63, 3.8) is 0 Å². The molecule has 0 aliphatic rings. The summed E-state index contributed by atoms with van der Waals surface area (Å²) in [7, 11) is 1.94. The number of alkyl halides is 3. The number of rotatable bonds is 6. The topological polar surface area (TPSA) is 15.3 Å². The molecule has 1 N–H and O–H groups in total. The second-order valence-electron chi connectivity index (χ2n) is 4.35. The minimum Gasteiger partial charge on any atom is -0.311 e. The van der Waals surface area contributed by atoms with Crippen molar-refractivity contribution in [2.75, 3.05) is 26.7 Å². The molecule has 0 spiro atoms. The van der Waals surface area contributed by atoms with Crippen molar-refractivity contribution in [2.24, 2.45) is 0 Å². The largest absolute Gasteiger partial charge is 0.419 e. The predicted molar refractivity (Wildman–Crippen MR) is 66.3 cm³/mol. The van der Waals surface area contributed by atoms with Crippen molar-refractivity contribution in [2.45, 2.75) is 19.6 Å². The van der Waals surface area contributed by atoms with Crippen LogP contribution in [-0.2, 0) is 12.7 Å². The Morgan fingerprint density at radius 1 is 1.26 bits per heavy atom. The fraction of sp³-hybridized carbons (Fsp3) is 0.538. The van der Waals surface area contributed by atoms with Gasteiger partial charge in [0.25, 0.3) is 0 Å². The number of hydrogen-bond donors (Lipinski definition) is 1. The van der Waals surface area contributed by atoms with E-state index in [4.69, 9.17) is 0 Å². The fourth-order valence-corrected chi connectivity index (χ4v) is 1.59. The molecule has 0 atom stereocenters. The Labute approximate surface area is 110 Å². The van der Waals surface area contributed by atoms with Crippen molar-refractivity contribution >= 4 is 0 Å². The van der Waals surface area contributed by atoms with Crippen molar-refractivity contribution in [3.05, 3.63) is 35.1 Å². The summed E-state index contributed by atoms with van der Waals surface area (Å²) in [5.41, 5.74) is -1.17. The number of benzene rings is 1. The Hall–Kier alpha value is -1.14. The molecule has 0 aliphatic heterocycles. The molecule has 0 saturated heterocycles. The van der Waals surface area contributed by atoms with Crippen molar-refractivity contribution in [1.82, 2.24) is 10.2 Å². The Morgan fingerprint density at radius 3 is 2.53 bits per heavy atom. The summed E-state index contributed by atoms with van der Waals surface area (Å²) in [5, 5.41) is 2.94. The summed E-state index contributed by atoms with van der Waals surface area (Å²) in [6.07, 6.45) is -4.65. The van der Waals surface area contributed by atoms with E-state index >= 15 is 0 Å². The molecule has 2 nitrogen and oxygen atoms in total. The van der Waals surface area contributed by atoms with Crippen LogP contribution < -0.4 is 5.32 Å². The molecular formula is C13H18F4N2. The SMILES string of the molecule is CCN(C)CCNCc1cccc(C(F)(F)F)c1F. The zero-order chi connectivity index (χ0) is 14.5. The van der Waals surface area contributed by atoms with Crippen LogP contribution in [0.4, 0.5) is 17.6 Å². The lowest BCUT2D eigenvalue weighted by molar-refractivity contribution is -0.140. The summed E-state index contributed by atoms with van der Waals surface area (Å²) < 4.78 is 51.2. The van der Waals surface area contributed by atoms with Crippen LogP contribution in [-0.4, -0.2) is 31.6 Å². The number of nitrogens with zero attached hydrogens (tertiary/aromatic N) is 1. The van der Waals surface area contributed by atoms with E-state index in [1.165, 1.54) is 12.1 Å². The van der Waals surface area contributed by atoms with Crippen LogP contribution in [0.25, 0.3) is 0 Å². The first-order chi connectivity index (χ1) is 8.86. The van der Waals surface area contributed by atoms with E-state index in [1.807, 2.05) is 14.0 Å². The highest BCUT2D eigenvalue weighted by Crippen LogP contribution is 2.32. The first-order valence-corrected chi connectivity index (χ1v) is 6.10. The third kappa shape index (κ3) is 4.80. The summed E-state index contributed by atoms with van der Waals surface area (Å²) in [6, 6.07) is 3.34. The maximum absolute atomic E-state index is 13.7. The molecule has 6 heteroatoms. The van der Waals surface area contributed by atoms with E-state index in [0.717, 1.165) is 19.2 Å². The van der Waals surface area contributed by atoms with Gasteiger partial charge in [0.2, 0.25) is 0 Å². The van der Waals surface area contributed by atoms with Gasteiger partial charge in [-0.1, -0.05) is 19.1 Å². The highest BCUT2D eigenvalue weighted by atomic mass is 19.4. The minimum atomic E-state index is -4.65. The van der Waals surface area contributed by atoms with Crippen LogP contribution in [0.3, 0.4) is 0 Å². The molecule has 19 heavy (non-hydrogen) atoms. The van der Waals surface area contributed by atoms with Crippen molar-refractivity contribution in [3.8, 4) is 0 Å². The smallest absolute Gasteiger partial charge is 0.311 e. The van der Waals surface area contributed by atoms with Crippen LogP contribution in [0.15, 0.2) is 18.2 Å². The third-order valence-corrected chi connectivity index (χ3v) is 2.91. The standard InChI is InChI=1S/C13H18F4N2/c1-3-19(2)8-7-18-9-10-5-4-6-11(12(10)14)13(15,16)17/h4-6,18H,3,7-9H2,1-2H3. The number of likely N-dealkylation sites (N-methyl/N-ethyl adjacent to an activating group) is 1. The first kappa shape index (κ1) is 15.9. The van der Waals surface area contributed by atoms with Gasteiger partial charge in [-0.25, -0.2) is 4.39 Å². The average molecular weight is 278 g/mol. The minimum absolute atomic E-state index is 0.0361. The molecule has 0 bridgehead atoms. The van der Waals surface area contributed by atoms with Crippen LogP contribution in [0.5, 0.6) is 0 Å². The van der Waals surface area contributed by atoms with Crippen molar-refractivity contribution < 1.29 is 17.6 Å². The number of halogens is 4. The zero-order valence-electron chi connectivity index (χ0n) is 11.0. The molecule has 0 amide bonds. The summed E-state index contributed by atoms with van der Waals surface area (Å²) in [4.78, 5) is 2.05. The second-order valence-corrected chi connectivity index (χ2v) is 4.35. The van der Waals surface area contributed by atoms with Gasteiger partial charge in [0.15, 0.2) is 0 Å². The van der Waals surface area contributed by atoms with E-state index < -0.39 is 17.6 Å². The Bertz CT molecular complexity index is 404. The Balaban J connectivity index is 2.60. The van der Waals surface area contributed by atoms with Gasteiger partial charge in [-0.05, 0) is 19.7 Å². The van der Waals surface area contributed by atoms with Gasteiger partial charge < -0.3 is 10.2 Å². The van der Waals surface area contributed by atoms with Crippen LogP contribution in [0, 0.1) is 5.82 Å². The molecule has 0 aromatic heterocycles. The molecule has 0 fully saturated rings. The Kier molecular flexibility index (Phi) is 5.75. The number of nitrogens with one attached hydrogen (secondary N) is 1. The third-order valence-electron chi connectivity index (χ3n) is 2.91. The monoisotopic (exact) mass is 278 g/mol. The maximum atomic E-state index is 13.7. The van der Waals surface area contributed by atoms with Gasteiger partial charge in [-0.3, -0.25) is 0 Å². The molecular weight excluding hydrogens is 260 g/mol. The van der Waals surface area contributed by atoms with Gasteiger partial charge in [0, 0.05) is 25.2 Å². The summed E-state index contributed by atoms with van der Waals surface area (Å²) >= 11 is 0. The van der Waals surface area contributed by atoms with E-state index in [1.54, 1.807) is 0 Å². The molecule has 0 heterocycles. The molecule has 108 valence electrons. The molecule has 0 saturated carbocycles.